The Morgan fingerprint density at radius 1 is 1.27 bits per heavy atom. The lowest BCUT2D eigenvalue weighted by Gasteiger charge is -2.32. The fourth-order valence-corrected chi connectivity index (χ4v) is 3.97. The van der Waals surface area contributed by atoms with Crippen LogP contribution in [0.1, 0.15) is 23.1 Å². The Morgan fingerprint density at radius 3 is 2.67 bits per heavy atom. The molecule has 0 aliphatic carbocycles. The minimum atomic E-state index is -4.43. The first kappa shape index (κ1) is 22.4. The summed E-state index contributed by atoms with van der Waals surface area (Å²) in [5, 5.41) is 3.41. The fraction of sp³-hybridized carbons (Fsp3) is 0.409. The van der Waals surface area contributed by atoms with Crippen molar-refractivity contribution in [1.29, 1.82) is 0 Å². The van der Waals surface area contributed by atoms with Crippen LogP contribution in [0.25, 0.3) is 0 Å². The van der Waals surface area contributed by atoms with Crippen LogP contribution in [0.5, 0.6) is 0 Å². The van der Waals surface area contributed by atoms with Gasteiger partial charge in [-0.15, -0.1) is 0 Å². The van der Waals surface area contributed by atoms with Gasteiger partial charge in [0.1, 0.15) is 0 Å². The van der Waals surface area contributed by atoms with Crippen LogP contribution < -0.4 is 10.2 Å². The van der Waals surface area contributed by atoms with Gasteiger partial charge in [-0.2, -0.15) is 13.2 Å². The largest absolute Gasteiger partial charge is 0.416 e. The number of nitrogens with one attached hydrogen (secondary N) is 1. The van der Waals surface area contributed by atoms with E-state index >= 15 is 0 Å². The topological polar surface area (TPSA) is 35.6 Å². The summed E-state index contributed by atoms with van der Waals surface area (Å²) >= 11 is 6.31. The molecule has 3 rings (SSSR count). The third-order valence-corrected chi connectivity index (χ3v) is 5.84. The molecule has 1 heterocycles. The van der Waals surface area contributed by atoms with Crippen LogP contribution in [0.15, 0.2) is 42.5 Å². The molecule has 1 fully saturated rings. The first-order valence-corrected chi connectivity index (χ1v) is 10.2. The van der Waals surface area contributed by atoms with E-state index in [1.807, 2.05) is 24.0 Å². The number of benzene rings is 2. The molecule has 2 aromatic rings. The van der Waals surface area contributed by atoms with Crippen molar-refractivity contribution >= 4 is 23.2 Å². The van der Waals surface area contributed by atoms with E-state index < -0.39 is 11.7 Å². The number of aryl methyl sites for hydroxylation is 1. The van der Waals surface area contributed by atoms with Gasteiger partial charge in [0.2, 0.25) is 5.91 Å². The monoisotopic (exact) mass is 439 g/mol. The zero-order chi connectivity index (χ0) is 21.9. The third-order valence-electron chi connectivity index (χ3n) is 5.44. The van der Waals surface area contributed by atoms with Gasteiger partial charge in [-0.1, -0.05) is 35.9 Å². The molecule has 1 aliphatic heterocycles. The van der Waals surface area contributed by atoms with Gasteiger partial charge in [0.25, 0.3) is 0 Å². The number of carbonyl (C=O) groups excluding carboxylic acids is 1. The highest BCUT2D eigenvalue weighted by atomic mass is 35.5. The molecule has 0 bridgehead atoms. The Bertz CT molecular complexity index is 903. The number of likely N-dealkylation sites (N-methyl/N-ethyl adjacent to an activating group) is 1. The van der Waals surface area contributed by atoms with Crippen molar-refractivity contribution in [2.75, 3.05) is 31.6 Å². The Labute approximate surface area is 179 Å². The average molecular weight is 440 g/mol. The van der Waals surface area contributed by atoms with Gasteiger partial charge >= 0.3 is 6.18 Å². The Balaban J connectivity index is 1.94. The quantitative estimate of drug-likeness (QED) is 0.720. The fourth-order valence-electron chi connectivity index (χ4n) is 3.80. The van der Waals surface area contributed by atoms with Crippen LogP contribution in [0.3, 0.4) is 0 Å². The van der Waals surface area contributed by atoms with Crippen LogP contribution in [-0.4, -0.2) is 43.5 Å². The van der Waals surface area contributed by atoms with Crippen LogP contribution in [0.2, 0.25) is 5.02 Å². The standard InChI is InChI=1S/C22H25ClF3N3O/c1-15-7-8-17(11-20(15)23)29(18-9-10-28(14-18)21(30)12-27-2)13-16-5-3-4-6-19(16)22(24,25)26/h3-8,11,18,27H,9-10,12-14H2,1-2H3. The summed E-state index contributed by atoms with van der Waals surface area (Å²) in [5.41, 5.74) is 1.19. The van der Waals surface area contributed by atoms with Crippen LogP contribution in [0.4, 0.5) is 18.9 Å². The molecule has 0 saturated carbocycles. The molecule has 1 N–H and O–H groups in total. The number of hydrogen-bond acceptors (Lipinski definition) is 3. The van der Waals surface area contributed by atoms with Gasteiger partial charge < -0.3 is 15.1 Å². The minimum Gasteiger partial charge on any atom is -0.362 e. The lowest BCUT2D eigenvalue weighted by Crippen LogP contribution is -2.41. The minimum absolute atomic E-state index is 0.0161. The highest BCUT2D eigenvalue weighted by Crippen LogP contribution is 2.35. The van der Waals surface area contributed by atoms with Gasteiger partial charge in [0, 0.05) is 36.4 Å². The average Bonchev–Trinajstić information content (AvgIpc) is 3.18. The first-order chi connectivity index (χ1) is 14.2. The Hall–Kier alpha value is -2.25. The summed E-state index contributed by atoms with van der Waals surface area (Å²) in [4.78, 5) is 16.0. The molecule has 0 radical (unpaired) electrons. The summed E-state index contributed by atoms with van der Waals surface area (Å²) in [7, 11) is 1.71. The number of alkyl halides is 3. The molecule has 0 spiro atoms. The summed E-state index contributed by atoms with van der Waals surface area (Å²) < 4.78 is 40.6. The maximum Gasteiger partial charge on any atom is 0.416 e. The first-order valence-electron chi connectivity index (χ1n) is 9.81. The van der Waals surface area contributed by atoms with Crippen molar-refractivity contribution in [2.45, 2.75) is 32.1 Å². The van der Waals surface area contributed by atoms with Crippen molar-refractivity contribution in [3.63, 3.8) is 0 Å². The zero-order valence-corrected chi connectivity index (χ0v) is 17.7. The Morgan fingerprint density at radius 2 is 2.00 bits per heavy atom. The maximum atomic E-state index is 13.5. The van der Waals surface area contributed by atoms with Crippen LogP contribution in [0, 0.1) is 6.92 Å². The number of amides is 1. The van der Waals surface area contributed by atoms with Gasteiger partial charge in [-0.25, -0.2) is 0 Å². The molecule has 1 unspecified atom stereocenters. The smallest absolute Gasteiger partial charge is 0.362 e. The highest BCUT2D eigenvalue weighted by Gasteiger charge is 2.35. The van der Waals surface area contributed by atoms with E-state index in [4.69, 9.17) is 11.6 Å². The molecule has 4 nitrogen and oxygen atoms in total. The van der Waals surface area contributed by atoms with E-state index in [1.54, 1.807) is 24.1 Å². The van der Waals surface area contributed by atoms with Crippen LogP contribution in [-0.2, 0) is 17.5 Å². The molecule has 30 heavy (non-hydrogen) atoms. The molecule has 162 valence electrons. The second-order valence-corrected chi connectivity index (χ2v) is 7.94. The van der Waals surface area contributed by atoms with Gasteiger partial charge in [-0.3, -0.25) is 4.79 Å². The van der Waals surface area contributed by atoms with Crippen molar-refractivity contribution in [1.82, 2.24) is 10.2 Å². The van der Waals surface area contributed by atoms with Crippen LogP contribution >= 0.6 is 11.6 Å². The maximum absolute atomic E-state index is 13.5. The molecule has 1 atom stereocenters. The number of halogens is 4. The molecular weight excluding hydrogens is 415 g/mol. The number of rotatable bonds is 6. The zero-order valence-electron chi connectivity index (χ0n) is 17.0. The number of carbonyl (C=O) groups is 1. The van der Waals surface area contributed by atoms with Gasteiger partial charge in [0.05, 0.1) is 12.1 Å². The third kappa shape index (κ3) is 5.08. The van der Waals surface area contributed by atoms with E-state index in [1.165, 1.54) is 12.1 Å². The molecule has 1 amide bonds. The van der Waals surface area contributed by atoms with E-state index in [9.17, 15) is 18.0 Å². The molecule has 2 aromatic carbocycles. The van der Waals surface area contributed by atoms with Gasteiger partial charge in [-0.05, 0) is 49.7 Å². The van der Waals surface area contributed by atoms with E-state index in [0.717, 1.165) is 17.3 Å². The molecule has 1 saturated heterocycles. The van der Waals surface area contributed by atoms with Crippen molar-refractivity contribution in [3.05, 3.63) is 64.2 Å². The number of hydrogen-bond donors (Lipinski definition) is 1. The number of likely N-dealkylation sites (tertiary alicyclic amines) is 1. The van der Waals surface area contributed by atoms with Crippen molar-refractivity contribution in [3.8, 4) is 0 Å². The number of anilines is 1. The second-order valence-electron chi connectivity index (χ2n) is 7.53. The van der Waals surface area contributed by atoms with Crippen molar-refractivity contribution < 1.29 is 18.0 Å². The summed E-state index contributed by atoms with van der Waals surface area (Å²) in [5.74, 6) is -0.0161. The summed E-state index contributed by atoms with van der Waals surface area (Å²) in [6, 6.07) is 11.0. The van der Waals surface area contributed by atoms with E-state index in [0.29, 0.717) is 24.5 Å². The van der Waals surface area contributed by atoms with E-state index in [-0.39, 0.29) is 30.6 Å². The molecule has 8 heteroatoms. The predicted molar refractivity (Wildman–Crippen MR) is 113 cm³/mol. The lowest BCUT2D eigenvalue weighted by atomic mass is 10.0. The lowest BCUT2D eigenvalue weighted by molar-refractivity contribution is -0.138. The predicted octanol–water partition coefficient (Wildman–Crippen LogP) is 4.49. The SMILES string of the molecule is CNCC(=O)N1CCC(N(Cc2ccccc2C(F)(F)F)c2ccc(C)c(Cl)c2)C1. The van der Waals surface area contributed by atoms with Crippen molar-refractivity contribution in [2.24, 2.45) is 0 Å². The summed E-state index contributed by atoms with van der Waals surface area (Å²) in [6.07, 6.45) is -3.76. The molecule has 0 aromatic heterocycles. The second kappa shape index (κ2) is 9.27. The number of nitrogens with zero attached hydrogens (tertiary/aromatic N) is 2. The van der Waals surface area contributed by atoms with E-state index in [2.05, 4.69) is 5.32 Å². The molecular formula is C22H25ClF3N3O. The summed E-state index contributed by atoms with van der Waals surface area (Å²) in [6.45, 7) is 3.22. The highest BCUT2D eigenvalue weighted by molar-refractivity contribution is 6.31. The Kier molecular flexibility index (Phi) is 6.93. The normalized spacial score (nSPS) is 16.7. The molecule has 1 aliphatic rings. The van der Waals surface area contributed by atoms with Gasteiger partial charge in [0.15, 0.2) is 0 Å².